The zero-order valence-corrected chi connectivity index (χ0v) is 9.67. The number of halogens is 2. The van der Waals surface area contributed by atoms with E-state index in [9.17, 15) is 22.0 Å². The molecule has 0 spiro atoms. The van der Waals surface area contributed by atoms with E-state index in [1.165, 1.54) is 7.05 Å². The third kappa shape index (κ3) is 3.49. The van der Waals surface area contributed by atoms with Crippen LogP contribution in [0.4, 0.5) is 8.78 Å². The number of primary sulfonamides is 1. The number of sulfonamides is 1. The number of alkyl halides is 2. The van der Waals surface area contributed by atoms with Gasteiger partial charge in [0.1, 0.15) is 5.69 Å². The largest absolute Gasteiger partial charge is 0.356 e. The van der Waals surface area contributed by atoms with Crippen molar-refractivity contribution in [1.82, 2.24) is 9.88 Å². The van der Waals surface area contributed by atoms with Gasteiger partial charge < -0.3 is 9.88 Å². The van der Waals surface area contributed by atoms with Crippen LogP contribution < -0.4 is 5.14 Å². The number of nitrogens with two attached hydrogens (primary N) is 1. The van der Waals surface area contributed by atoms with Crippen LogP contribution in [0.5, 0.6) is 0 Å². The van der Waals surface area contributed by atoms with Gasteiger partial charge in [-0.25, -0.2) is 22.3 Å². The molecule has 1 rings (SSSR count). The monoisotopic (exact) mass is 267 g/mol. The van der Waals surface area contributed by atoms with Crippen molar-refractivity contribution in [3.63, 3.8) is 0 Å². The van der Waals surface area contributed by atoms with E-state index in [1.54, 1.807) is 0 Å². The number of carbonyl (C=O) groups is 1. The maximum absolute atomic E-state index is 12.0. The summed E-state index contributed by atoms with van der Waals surface area (Å²) in [6.45, 7) is -0.734. The maximum atomic E-state index is 12.0. The normalized spacial score (nSPS) is 11.8. The number of nitrogens with zero attached hydrogens (tertiary/aromatic N) is 1. The molecule has 0 aliphatic heterocycles. The lowest BCUT2D eigenvalue weighted by Gasteiger charge is -2.15. The Balaban J connectivity index is 2.88. The number of rotatable bonds is 4. The van der Waals surface area contributed by atoms with Gasteiger partial charge in [-0.15, -0.1) is 0 Å². The van der Waals surface area contributed by atoms with Crippen molar-refractivity contribution in [2.75, 3.05) is 13.6 Å². The third-order valence-electron chi connectivity index (χ3n) is 1.97. The lowest BCUT2D eigenvalue weighted by atomic mass is 10.4. The molecule has 0 fully saturated rings. The maximum Gasteiger partial charge on any atom is 0.270 e. The molecule has 0 radical (unpaired) electrons. The van der Waals surface area contributed by atoms with Gasteiger partial charge in [0, 0.05) is 13.2 Å². The van der Waals surface area contributed by atoms with Crippen LogP contribution in [0.2, 0.25) is 0 Å². The van der Waals surface area contributed by atoms with Crippen LogP contribution in [-0.2, 0) is 10.0 Å². The Bertz CT molecular complexity index is 512. The Hall–Kier alpha value is -1.48. The Kier molecular flexibility index (Phi) is 3.83. The van der Waals surface area contributed by atoms with Crippen LogP contribution in [0.1, 0.15) is 10.5 Å². The first-order valence-electron chi connectivity index (χ1n) is 4.46. The van der Waals surface area contributed by atoms with Crippen LogP contribution in [0.15, 0.2) is 17.2 Å². The van der Waals surface area contributed by atoms with Gasteiger partial charge in [0.05, 0.1) is 11.4 Å². The van der Waals surface area contributed by atoms with Crippen molar-refractivity contribution in [3.05, 3.63) is 18.0 Å². The summed E-state index contributed by atoms with van der Waals surface area (Å²) >= 11 is 0. The quantitative estimate of drug-likeness (QED) is 0.803. The fourth-order valence-electron chi connectivity index (χ4n) is 1.16. The van der Waals surface area contributed by atoms with Gasteiger partial charge in [0.15, 0.2) is 0 Å². The highest BCUT2D eigenvalue weighted by Crippen LogP contribution is 2.10. The molecule has 1 aromatic rings. The lowest BCUT2D eigenvalue weighted by Crippen LogP contribution is -2.31. The van der Waals surface area contributed by atoms with Gasteiger partial charge in [0.25, 0.3) is 12.3 Å². The lowest BCUT2D eigenvalue weighted by molar-refractivity contribution is 0.0616. The second-order valence-electron chi connectivity index (χ2n) is 3.37. The van der Waals surface area contributed by atoms with Crippen LogP contribution in [0.25, 0.3) is 0 Å². The van der Waals surface area contributed by atoms with E-state index in [2.05, 4.69) is 4.98 Å². The van der Waals surface area contributed by atoms with Gasteiger partial charge in [-0.2, -0.15) is 0 Å². The molecule has 6 nitrogen and oxygen atoms in total. The summed E-state index contributed by atoms with van der Waals surface area (Å²) in [5.74, 6) is -0.736. The SMILES string of the molecule is CN(CC(F)F)C(=O)c1cc(S(N)(=O)=O)c[nH]1. The number of aromatic nitrogens is 1. The van der Waals surface area contributed by atoms with Crippen LogP contribution in [-0.4, -0.2) is 44.2 Å². The van der Waals surface area contributed by atoms with Crippen molar-refractivity contribution in [2.45, 2.75) is 11.3 Å². The molecule has 3 N–H and O–H groups in total. The predicted octanol–water partition coefficient (Wildman–Crippen LogP) is -0.000800. The molecule has 0 saturated carbocycles. The van der Waals surface area contributed by atoms with Crippen LogP contribution in [0, 0.1) is 0 Å². The molecule has 0 aliphatic rings. The number of hydrogen-bond acceptors (Lipinski definition) is 3. The number of nitrogens with one attached hydrogen (secondary N) is 1. The summed E-state index contributed by atoms with van der Waals surface area (Å²) in [6, 6.07) is 1.000. The smallest absolute Gasteiger partial charge is 0.270 e. The second kappa shape index (κ2) is 4.80. The third-order valence-corrected chi connectivity index (χ3v) is 2.87. The Morgan fingerprint density at radius 1 is 1.59 bits per heavy atom. The molecule has 0 aliphatic carbocycles. The van der Waals surface area contributed by atoms with Crippen molar-refractivity contribution in [2.24, 2.45) is 5.14 Å². The zero-order valence-electron chi connectivity index (χ0n) is 8.85. The highest BCUT2D eigenvalue weighted by Gasteiger charge is 2.19. The van der Waals surface area contributed by atoms with E-state index in [0.29, 0.717) is 0 Å². The number of carbonyl (C=O) groups excluding carboxylic acids is 1. The summed E-state index contributed by atoms with van der Waals surface area (Å²) in [5, 5.41) is 4.83. The standard InChI is InChI=1S/C8H11F2N3O3S/c1-13(4-7(9)10)8(14)6-2-5(3-12-6)17(11,15)16/h2-3,7,12H,4H2,1H3,(H2,11,15,16). The van der Waals surface area contributed by atoms with E-state index in [4.69, 9.17) is 5.14 Å². The molecular formula is C8H11F2N3O3S. The van der Waals surface area contributed by atoms with Gasteiger partial charge in [-0.1, -0.05) is 0 Å². The topological polar surface area (TPSA) is 96.3 Å². The van der Waals surface area contributed by atoms with E-state index < -0.39 is 28.9 Å². The molecule has 1 amide bonds. The summed E-state index contributed by atoms with van der Waals surface area (Å²) in [7, 11) is -2.73. The van der Waals surface area contributed by atoms with Gasteiger partial charge in [0.2, 0.25) is 10.0 Å². The molecule has 0 aromatic carbocycles. The fraction of sp³-hybridized carbons (Fsp3) is 0.375. The molecular weight excluding hydrogens is 256 g/mol. The molecule has 0 unspecified atom stereocenters. The number of hydrogen-bond donors (Lipinski definition) is 2. The van der Waals surface area contributed by atoms with E-state index in [1.807, 2.05) is 0 Å². The molecule has 17 heavy (non-hydrogen) atoms. The zero-order chi connectivity index (χ0) is 13.2. The van der Waals surface area contributed by atoms with Crippen LogP contribution in [0.3, 0.4) is 0 Å². The molecule has 1 heterocycles. The van der Waals surface area contributed by atoms with E-state index in [-0.39, 0.29) is 10.6 Å². The van der Waals surface area contributed by atoms with Gasteiger partial charge >= 0.3 is 0 Å². The van der Waals surface area contributed by atoms with E-state index >= 15 is 0 Å². The highest BCUT2D eigenvalue weighted by molar-refractivity contribution is 7.89. The van der Waals surface area contributed by atoms with Crippen molar-refractivity contribution < 1.29 is 22.0 Å². The van der Waals surface area contributed by atoms with Crippen molar-refractivity contribution >= 4 is 15.9 Å². The second-order valence-corrected chi connectivity index (χ2v) is 4.93. The first-order valence-corrected chi connectivity index (χ1v) is 6.01. The average molecular weight is 267 g/mol. The minimum Gasteiger partial charge on any atom is -0.356 e. The Labute approximate surface area is 96.5 Å². The highest BCUT2D eigenvalue weighted by atomic mass is 32.2. The minimum absolute atomic E-state index is 0.114. The van der Waals surface area contributed by atoms with Crippen LogP contribution >= 0.6 is 0 Å². The molecule has 96 valence electrons. The summed E-state index contributed by atoms with van der Waals surface area (Å²) in [5.41, 5.74) is -0.114. The van der Waals surface area contributed by atoms with Gasteiger partial charge in [-0.05, 0) is 6.07 Å². The minimum atomic E-state index is -3.91. The Morgan fingerprint density at radius 2 is 2.18 bits per heavy atom. The number of H-pyrrole nitrogens is 1. The average Bonchev–Trinajstić information content (AvgIpc) is 2.63. The molecule has 1 aromatic heterocycles. The molecule has 0 saturated heterocycles. The first kappa shape index (κ1) is 13.6. The van der Waals surface area contributed by atoms with E-state index in [0.717, 1.165) is 17.2 Å². The van der Waals surface area contributed by atoms with Gasteiger partial charge in [-0.3, -0.25) is 4.79 Å². The Morgan fingerprint density at radius 3 is 2.59 bits per heavy atom. The molecule has 0 atom stereocenters. The molecule has 0 bridgehead atoms. The van der Waals surface area contributed by atoms with Crippen molar-refractivity contribution in [3.8, 4) is 0 Å². The van der Waals surface area contributed by atoms with Crippen molar-refractivity contribution in [1.29, 1.82) is 0 Å². The summed E-state index contributed by atoms with van der Waals surface area (Å²) < 4.78 is 45.9. The first-order chi connectivity index (χ1) is 7.71. The predicted molar refractivity (Wildman–Crippen MR) is 55.1 cm³/mol. The number of amides is 1. The fourth-order valence-corrected chi connectivity index (χ4v) is 1.66. The molecule has 9 heteroatoms. The number of aromatic amines is 1. The summed E-state index contributed by atoms with van der Waals surface area (Å²) in [4.78, 5) is 14.4. The summed E-state index contributed by atoms with van der Waals surface area (Å²) in [6.07, 6.45) is -1.63.